The molecule has 4 aromatic rings. The number of aromatic nitrogens is 6. The Morgan fingerprint density at radius 1 is 1.23 bits per heavy atom. The van der Waals surface area contributed by atoms with Gasteiger partial charge in [-0.15, -0.1) is 10.2 Å². The van der Waals surface area contributed by atoms with Crippen LogP contribution in [0.3, 0.4) is 0 Å². The molecule has 10 nitrogen and oxygen atoms in total. The molecular formula is C27H30F3N7O3. The van der Waals surface area contributed by atoms with E-state index in [1.54, 1.807) is 11.2 Å². The van der Waals surface area contributed by atoms with Crippen molar-refractivity contribution in [2.24, 2.45) is 7.05 Å². The van der Waals surface area contributed by atoms with E-state index >= 15 is 0 Å². The van der Waals surface area contributed by atoms with Gasteiger partial charge in [-0.2, -0.15) is 18.3 Å². The second kappa shape index (κ2) is 9.61. The average Bonchev–Trinajstić information content (AvgIpc) is 3.51. The van der Waals surface area contributed by atoms with E-state index < -0.39 is 17.6 Å². The highest BCUT2D eigenvalue weighted by Gasteiger charge is 2.43. The Morgan fingerprint density at radius 2 is 2.02 bits per heavy atom. The van der Waals surface area contributed by atoms with Crippen LogP contribution in [0.4, 0.5) is 13.2 Å². The largest absolute Gasteiger partial charge is 0.433 e. The van der Waals surface area contributed by atoms with Crippen molar-refractivity contribution >= 4 is 10.9 Å². The van der Waals surface area contributed by atoms with Gasteiger partial charge in [0.2, 0.25) is 0 Å². The normalized spacial score (nSPS) is 21.3. The van der Waals surface area contributed by atoms with Gasteiger partial charge in [-0.25, -0.2) is 4.98 Å². The number of fused-ring (bicyclic) bond motifs is 1. The SMILES string of the molecule is C[C@@H]1CN([C@](C)(O)c2nc(C(F)(F)F)cc3c(-c4cccc(C5(Cc6nncn6C)COC5)c4)n[nH]c23)CCO1. The molecule has 3 aromatic heterocycles. The van der Waals surface area contributed by atoms with Crippen LogP contribution in [-0.2, 0) is 40.3 Å². The third kappa shape index (κ3) is 4.56. The Bertz CT molecular complexity index is 1540. The Balaban J connectivity index is 1.45. The van der Waals surface area contributed by atoms with E-state index in [9.17, 15) is 18.3 Å². The number of alkyl halides is 3. The van der Waals surface area contributed by atoms with Gasteiger partial charge in [0.25, 0.3) is 0 Å². The van der Waals surface area contributed by atoms with Crippen molar-refractivity contribution in [1.82, 2.24) is 34.8 Å². The fraction of sp³-hybridized carbons (Fsp3) is 0.481. The predicted octanol–water partition coefficient (Wildman–Crippen LogP) is 3.17. The van der Waals surface area contributed by atoms with E-state index in [2.05, 4.69) is 25.4 Å². The number of hydrogen-bond acceptors (Lipinski definition) is 8. The lowest BCUT2D eigenvalue weighted by Gasteiger charge is -2.41. The molecule has 0 saturated carbocycles. The molecule has 40 heavy (non-hydrogen) atoms. The van der Waals surface area contributed by atoms with Crippen LogP contribution in [0.15, 0.2) is 36.7 Å². The smallest absolute Gasteiger partial charge is 0.379 e. The number of ether oxygens (including phenoxy) is 2. The Hall–Kier alpha value is -3.39. The molecule has 1 aromatic carbocycles. The Labute approximate surface area is 228 Å². The minimum atomic E-state index is -4.73. The number of H-pyrrole nitrogens is 1. The lowest BCUT2D eigenvalue weighted by atomic mass is 9.75. The van der Waals surface area contributed by atoms with Gasteiger partial charge in [0, 0.05) is 42.9 Å². The van der Waals surface area contributed by atoms with Gasteiger partial charge in [-0.1, -0.05) is 18.2 Å². The van der Waals surface area contributed by atoms with Crippen molar-refractivity contribution in [3.63, 3.8) is 0 Å². The lowest BCUT2D eigenvalue weighted by molar-refractivity contribution is -0.156. The highest BCUT2D eigenvalue weighted by atomic mass is 19.4. The number of nitrogens with zero attached hydrogens (tertiary/aromatic N) is 6. The molecule has 2 N–H and O–H groups in total. The number of aryl methyl sites for hydroxylation is 1. The third-order valence-electron chi connectivity index (χ3n) is 7.96. The van der Waals surface area contributed by atoms with Crippen molar-refractivity contribution < 1.29 is 27.8 Å². The zero-order valence-electron chi connectivity index (χ0n) is 22.4. The molecule has 0 spiro atoms. The average molecular weight is 558 g/mol. The van der Waals surface area contributed by atoms with Crippen molar-refractivity contribution in [2.45, 2.75) is 43.7 Å². The monoisotopic (exact) mass is 557 g/mol. The summed E-state index contributed by atoms with van der Waals surface area (Å²) >= 11 is 0. The van der Waals surface area contributed by atoms with Crippen LogP contribution < -0.4 is 0 Å². The summed E-state index contributed by atoms with van der Waals surface area (Å²) in [6.45, 7) is 5.31. The van der Waals surface area contributed by atoms with E-state index in [0.29, 0.717) is 50.6 Å². The van der Waals surface area contributed by atoms with Crippen LogP contribution >= 0.6 is 0 Å². The first-order valence-electron chi connectivity index (χ1n) is 13.1. The summed E-state index contributed by atoms with van der Waals surface area (Å²) in [5, 5.41) is 27.3. The quantitative estimate of drug-likeness (QED) is 0.372. The number of halogens is 3. The number of aliphatic hydroxyl groups is 1. The molecule has 0 aliphatic carbocycles. The van der Waals surface area contributed by atoms with Crippen LogP contribution in [0, 0.1) is 0 Å². The Morgan fingerprint density at radius 3 is 2.67 bits per heavy atom. The predicted molar refractivity (Wildman–Crippen MR) is 138 cm³/mol. The number of rotatable bonds is 6. The van der Waals surface area contributed by atoms with Gasteiger partial charge in [0.15, 0.2) is 5.72 Å². The summed E-state index contributed by atoms with van der Waals surface area (Å²) in [4.78, 5) is 5.60. The van der Waals surface area contributed by atoms with Gasteiger partial charge in [-0.05, 0) is 31.5 Å². The molecule has 6 rings (SSSR count). The van der Waals surface area contributed by atoms with Crippen LogP contribution in [0.25, 0.3) is 22.2 Å². The van der Waals surface area contributed by atoms with E-state index in [0.717, 1.165) is 17.5 Å². The minimum Gasteiger partial charge on any atom is -0.379 e. The summed E-state index contributed by atoms with van der Waals surface area (Å²) in [6, 6.07) is 8.58. The number of aromatic amines is 1. The van der Waals surface area contributed by atoms with E-state index in [1.165, 1.54) is 6.92 Å². The first-order valence-corrected chi connectivity index (χ1v) is 13.1. The number of hydrogen-bond donors (Lipinski definition) is 2. The van der Waals surface area contributed by atoms with Gasteiger partial charge >= 0.3 is 6.18 Å². The molecule has 0 radical (unpaired) electrons. The maximum atomic E-state index is 14.1. The molecule has 2 fully saturated rings. The fourth-order valence-electron chi connectivity index (χ4n) is 5.57. The first kappa shape index (κ1) is 26.8. The number of pyridine rings is 1. The molecule has 0 unspecified atom stereocenters. The highest BCUT2D eigenvalue weighted by Crippen LogP contribution is 2.41. The molecule has 0 bridgehead atoms. The molecule has 2 aliphatic rings. The minimum absolute atomic E-state index is 0.132. The maximum Gasteiger partial charge on any atom is 0.433 e. The van der Waals surface area contributed by atoms with E-state index in [-0.39, 0.29) is 28.1 Å². The number of morpholine rings is 1. The Kier molecular flexibility index (Phi) is 6.44. The molecular weight excluding hydrogens is 527 g/mol. The summed E-state index contributed by atoms with van der Waals surface area (Å²) in [7, 11) is 1.88. The van der Waals surface area contributed by atoms with E-state index in [4.69, 9.17) is 9.47 Å². The topological polar surface area (TPSA) is 114 Å². The van der Waals surface area contributed by atoms with Crippen LogP contribution in [0.5, 0.6) is 0 Å². The van der Waals surface area contributed by atoms with Crippen LogP contribution in [0.2, 0.25) is 0 Å². The molecule has 2 saturated heterocycles. The lowest BCUT2D eigenvalue weighted by Crippen LogP contribution is -2.52. The van der Waals surface area contributed by atoms with Crippen molar-refractivity contribution in [3.8, 4) is 11.3 Å². The molecule has 2 atom stereocenters. The first-order chi connectivity index (χ1) is 19.0. The molecule has 0 amide bonds. The van der Waals surface area contributed by atoms with E-state index in [1.807, 2.05) is 42.8 Å². The van der Waals surface area contributed by atoms with Crippen molar-refractivity contribution in [1.29, 1.82) is 0 Å². The molecule has 5 heterocycles. The standard InChI is InChI=1S/C27H30F3N7O3/c1-16-12-37(7-8-40-16)25(2,38)24-23-19(10-20(32-24)27(28,29)30)22(34-35-23)17-5-4-6-18(9-17)26(13-39-14-26)11-21-33-31-15-36(21)3/h4-6,9-10,15-16,38H,7-8,11-14H2,1-3H3,(H,34,35)/t16-,25-/m1/s1. The van der Waals surface area contributed by atoms with Crippen LogP contribution in [-0.4, -0.2) is 79.0 Å². The van der Waals surface area contributed by atoms with Gasteiger partial charge in [0.1, 0.15) is 29.2 Å². The summed E-state index contributed by atoms with van der Waals surface area (Å²) in [5.74, 6) is 0.809. The summed E-state index contributed by atoms with van der Waals surface area (Å²) in [5.41, 5.74) is -1.18. The molecule has 13 heteroatoms. The second-order valence-electron chi connectivity index (χ2n) is 10.9. The second-order valence-corrected chi connectivity index (χ2v) is 10.9. The number of benzene rings is 1. The van der Waals surface area contributed by atoms with Gasteiger partial charge < -0.3 is 19.1 Å². The zero-order chi connectivity index (χ0) is 28.3. The molecule has 2 aliphatic heterocycles. The third-order valence-corrected chi connectivity index (χ3v) is 7.96. The van der Waals surface area contributed by atoms with Crippen molar-refractivity contribution in [3.05, 3.63) is 59.4 Å². The summed E-state index contributed by atoms with van der Waals surface area (Å²) < 4.78 is 55.3. The van der Waals surface area contributed by atoms with Gasteiger partial charge in [0.05, 0.1) is 31.4 Å². The maximum absolute atomic E-state index is 14.1. The van der Waals surface area contributed by atoms with Crippen LogP contribution in [0.1, 0.15) is 36.6 Å². The van der Waals surface area contributed by atoms with Crippen molar-refractivity contribution in [2.75, 3.05) is 32.9 Å². The fourth-order valence-corrected chi connectivity index (χ4v) is 5.57. The highest BCUT2D eigenvalue weighted by molar-refractivity contribution is 5.94. The zero-order valence-corrected chi connectivity index (χ0v) is 22.4. The summed E-state index contributed by atoms with van der Waals surface area (Å²) in [6.07, 6.45) is -2.67. The number of nitrogens with one attached hydrogen (secondary N) is 1. The molecule has 212 valence electrons. The van der Waals surface area contributed by atoms with Gasteiger partial charge in [-0.3, -0.25) is 10.00 Å².